The van der Waals surface area contributed by atoms with E-state index < -0.39 is 17.5 Å². The van der Waals surface area contributed by atoms with Gasteiger partial charge in [0.25, 0.3) is 0 Å². The first-order valence-corrected chi connectivity index (χ1v) is 9.46. The summed E-state index contributed by atoms with van der Waals surface area (Å²) in [5, 5.41) is 0.547. The van der Waals surface area contributed by atoms with Crippen LogP contribution in [0.1, 0.15) is 5.56 Å². The van der Waals surface area contributed by atoms with Crippen molar-refractivity contribution in [2.24, 2.45) is 0 Å². The van der Waals surface area contributed by atoms with Crippen LogP contribution in [0, 0.1) is 0 Å². The molecular weight excluding hydrogens is 423 g/mol. The number of rotatable bonds is 3. The molecule has 0 aliphatic heterocycles. The van der Waals surface area contributed by atoms with Crippen molar-refractivity contribution in [1.29, 1.82) is 0 Å². The predicted octanol–water partition coefficient (Wildman–Crippen LogP) is 5.22. The van der Waals surface area contributed by atoms with Crippen molar-refractivity contribution in [2.45, 2.75) is 6.18 Å². The number of aromatic nitrogens is 3. The molecule has 160 valence electrons. The third-order valence-electron chi connectivity index (χ3n) is 5.12. The quantitative estimate of drug-likeness (QED) is 0.387. The molecule has 0 spiro atoms. The summed E-state index contributed by atoms with van der Waals surface area (Å²) in [6.07, 6.45) is 0.0729. The van der Waals surface area contributed by atoms with Gasteiger partial charge in [0.1, 0.15) is 11.3 Å². The number of pyridine rings is 2. The van der Waals surface area contributed by atoms with E-state index in [1.807, 2.05) is 6.07 Å². The number of benzene rings is 2. The summed E-state index contributed by atoms with van der Waals surface area (Å²) in [5.41, 5.74) is 1.76. The van der Waals surface area contributed by atoms with Gasteiger partial charge < -0.3 is 9.15 Å². The molecular formula is C23H14F3N3O3. The van der Waals surface area contributed by atoms with E-state index >= 15 is 0 Å². The van der Waals surface area contributed by atoms with E-state index in [2.05, 4.69) is 9.97 Å². The number of fused-ring (bicyclic) bond motifs is 3. The van der Waals surface area contributed by atoms with E-state index in [0.717, 1.165) is 27.8 Å². The Morgan fingerprint density at radius 3 is 2.62 bits per heavy atom. The number of hydrogen-bond acceptors (Lipinski definition) is 5. The maximum atomic E-state index is 13.2. The summed E-state index contributed by atoms with van der Waals surface area (Å²) in [5.74, 6) is -0.231. The zero-order valence-electron chi connectivity index (χ0n) is 16.6. The van der Waals surface area contributed by atoms with Gasteiger partial charge in [-0.2, -0.15) is 13.2 Å². The Morgan fingerprint density at radius 2 is 1.84 bits per heavy atom. The van der Waals surface area contributed by atoms with Crippen LogP contribution in [0.5, 0.6) is 5.75 Å². The molecule has 0 aliphatic carbocycles. The fourth-order valence-electron chi connectivity index (χ4n) is 3.62. The second-order valence-electron chi connectivity index (χ2n) is 7.07. The molecule has 0 radical (unpaired) electrons. The SMILES string of the molecule is COc1cncc(-c2ccc3ncc4oc(=O)n(-c5cccc(C(F)(F)F)c5)c4c3c2)c1. The molecule has 0 fully saturated rings. The molecule has 3 aromatic heterocycles. The van der Waals surface area contributed by atoms with E-state index in [1.54, 1.807) is 30.6 Å². The van der Waals surface area contributed by atoms with Crippen molar-refractivity contribution < 1.29 is 22.3 Å². The number of halogens is 3. The number of methoxy groups -OCH3 is 1. The first-order chi connectivity index (χ1) is 15.3. The molecule has 0 unspecified atom stereocenters. The van der Waals surface area contributed by atoms with Gasteiger partial charge in [0.05, 0.1) is 36.3 Å². The fraction of sp³-hybridized carbons (Fsp3) is 0.0870. The summed E-state index contributed by atoms with van der Waals surface area (Å²) in [4.78, 5) is 21.1. The lowest BCUT2D eigenvalue weighted by molar-refractivity contribution is -0.137. The average molecular weight is 437 g/mol. The van der Waals surface area contributed by atoms with Crippen LogP contribution < -0.4 is 10.5 Å². The number of alkyl halides is 3. The molecule has 0 saturated carbocycles. The van der Waals surface area contributed by atoms with E-state index in [-0.39, 0.29) is 11.3 Å². The summed E-state index contributed by atoms with van der Waals surface area (Å²) < 4.78 is 51.4. The normalized spacial score (nSPS) is 11.9. The number of oxazole rings is 1. The number of nitrogens with zero attached hydrogens (tertiary/aromatic N) is 3. The molecule has 0 amide bonds. The highest BCUT2D eigenvalue weighted by Gasteiger charge is 2.31. The van der Waals surface area contributed by atoms with Gasteiger partial charge in [-0.1, -0.05) is 12.1 Å². The fourth-order valence-corrected chi connectivity index (χ4v) is 3.62. The third-order valence-corrected chi connectivity index (χ3v) is 5.12. The van der Waals surface area contributed by atoms with Crippen LogP contribution in [0.25, 0.3) is 38.8 Å². The Morgan fingerprint density at radius 1 is 1.00 bits per heavy atom. The highest BCUT2D eigenvalue weighted by Crippen LogP contribution is 2.33. The van der Waals surface area contributed by atoms with Crippen molar-refractivity contribution in [2.75, 3.05) is 7.11 Å². The second-order valence-corrected chi connectivity index (χ2v) is 7.07. The Kier molecular flexibility index (Phi) is 4.47. The largest absolute Gasteiger partial charge is 0.495 e. The van der Waals surface area contributed by atoms with E-state index in [4.69, 9.17) is 9.15 Å². The van der Waals surface area contributed by atoms with Crippen LogP contribution in [0.15, 0.2) is 76.3 Å². The Hall–Kier alpha value is -4.14. The van der Waals surface area contributed by atoms with Crippen molar-refractivity contribution >= 4 is 22.0 Å². The minimum absolute atomic E-state index is 0.0459. The van der Waals surface area contributed by atoms with Gasteiger partial charge in [0.15, 0.2) is 5.58 Å². The molecule has 0 saturated heterocycles. The highest BCUT2D eigenvalue weighted by molar-refractivity contribution is 6.03. The zero-order valence-corrected chi connectivity index (χ0v) is 16.6. The molecule has 6 nitrogen and oxygen atoms in total. The van der Waals surface area contributed by atoms with Crippen LogP contribution in [0.4, 0.5) is 13.2 Å². The van der Waals surface area contributed by atoms with Gasteiger partial charge in [-0.3, -0.25) is 9.97 Å². The van der Waals surface area contributed by atoms with Crippen LogP contribution in [-0.4, -0.2) is 21.6 Å². The van der Waals surface area contributed by atoms with Gasteiger partial charge in [0, 0.05) is 17.1 Å². The molecule has 3 heterocycles. The molecule has 0 N–H and O–H groups in total. The first kappa shape index (κ1) is 19.8. The summed E-state index contributed by atoms with van der Waals surface area (Å²) in [6, 6.07) is 11.7. The second kappa shape index (κ2) is 7.23. The zero-order chi connectivity index (χ0) is 22.5. The van der Waals surface area contributed by atoms with E-state index in [9.17, 15) is 18.0 Å². The average Bonchev–Trinajstić information content (AvgIpc) is 3.14. The molecule has 5 aromatic rings. The predicted molar refractivity (Wildman–Crippen MR) is 112 cm³/mol. The third kappa shape index (κ3) is 3.27. The lowest BCUT2D eigenvalue weighted by Gasteiger charge is -2.10. The van der Waals surface area contributed by atoms with Crippen LogP contribution >= 0.6 is 0 Å². The van der Waals surface area contributed by atoms with Crippen LogP contribution in [-0.2, 0) is 6.18 Å². The maximum absolute atomic E-state index is 13.2. The molecule has 32 heavy (non-hydrogen) atoms. The van der Waals surface area contributed by atoms with E-state index in [0.29, 0.717) is 22.2 Å². The van der Waals surface area contributed by atoms with Gasteiger partial charge in [-0.15, -0.1) is 0 Å². The van der Waals surface area contributed by atoms with Crippen molar-refractivity contribution in [3.05, 3.63) is 83.2 Å². The van der Waals surface area contributed by atoms with Gasteiger partial charge in [-0.25, -0.2) is 9.36 Å². The monoisotopic (exact) mass is 437 g/mol. The van der Waals surface area contributed by atoms with Gasteiger partial charge in [-0.05, 0) is 42.0 Å². The molecule has 0 atom stereocenters. The lowest BCUT2D eigenvalue weighted by atomic mass is 10.0. The maximum Gasteiger partial charge on any atom is 0.424 e. The molecule has 5 rings (SSSR count). The smallest absolute Gasteiger partial charge is 0.424 e. The van der Waals surface area contributed by atoms with Crippen molar-refractivity contribution in [1.82, 2.24) is 14.5 Å². The van der Waals surface area contributed by atoms with Gasteiger partial charge in [0.2, 0.25) is 0 Å². The van der Waals surface area contributed by atoms with Gasteiger partial charge >= 0.3 is 11.9 Å². The highest BCUT2D eigenvalue weighted by atomic mass is 19.4. The molecule has 0 bridgehead atoms. The van der Waals surface area contributed by atoms with Crippen molar-refractivity contribution in [3.63, 3.8) is 0 Å². The van der Waals surface area contributed by atoms with Crippen molar-refractivity contribution in [3.8, 4) is 22.6 Å². The standard InChI is InChI=1S/C23H14F3N3O3/c1-31-17-7-14(10-27-11-17)13-5-6-19-18(8-13)21-20(12-28-19)32-22(30)29(21)16-4-2-3-15(9-16)23(24,25)26/h2-12H,1H3. The number of ether oxygens (including phenoxy) is 1. The lowest BCUT2D eigenvalue weighted by Crippen LogP contribution is -2.13. The molecule has 9 heteroatoms. The Labute approximate surface area is 178 Å². The number of hydrogen-bond donors (Lipinski definition) is 0. The Bertz CT molecular complexity index is 1540. The summed E-state index contributed by atoms with van der Waals surface area (Å²) in [6.45, 7) is 0. The minimum Gasteiger partial charge on any atom is -0.495 e. The molecule has 2 aromatic carbocycles. The van der Waals surface area contributed by atoms with Crippen LogP contribution in [0.2, 0.25) is 0 Å². The van der Waals surface area contributed by atoms with E-state index in [1.165, 1.54) is 25.4 Å². The Balaban J connectivity index is 1.79. The minimum atomic E-state index is -4.55. The first-order valence-electron chi connectivity index (χ1n) is 9.46. The summed E-state index contributed by atoms with van der Waals surface area (Å²) >= 11 is 0. The molecule has 0 aliphatic rings. The topological polar surface area (TPSA) is 70.2 Å². The summed E-state index contributed by atoms with van der Waals surface area (Å²) in [7, 11) is 1.54. The van der Waals surface area contributed by atoms with Crippen LogP contribution in [0.3, 0.4) is 0 Å².